The molecule has 2 heterocycles. The SMILES string of the molecule is COc1cc2c(c3c1OC(C)(C)C3)C(c1ccc(N)cc1)=NC(C)(C)C2. The van der Waals surface area contributed by atoms with Crippen LogP contribution in [0.25, 0.3) is 0 Å². The van der Waals surface area contributed by atoms with E-state index in [1.807, 2.05) is 12.1 Å². The summed E-state index contributed by atoms with van der Waals surface area (Å²) < 4.78 is 11.9. The Morgan fingerprint density at radius 2 is 1.77 bits per heavy atom. The molecule has 2 aromatic carbocycles. The van der Waals surface area contributed by atoms with Crippen LogP contribution in [-0.4, -0.2) is 24.0 Å². The van der Waals surface area contributed by atoms with E-state index in [2.05, 4.69) is 45.9 Å². The number of aliphatic imine (C=N–C) groups is 1. The highest BCUT2D eigenvalue weighted by Crippen LogP contribution is 2.47. The smallest absolute Gasteiger partial charge is 0.166 e. The van der Waals surface area contributed by atoms with Crippen molar-refractivity contribution in [2.45, 2.75) is 51.7 Å². The number of methoxy groups -OCH3 is 1. The van der Waals surface area contributed by atoms with E-state index in [9.17, 15) is 0 Å². The molecule has 4 rings (SSSR count). The van der Waals surface area contributed by atoms with Crippen LogP contribution in [0.5, 0.6) is 11.5 Å². The zero-order valence-electron chi connectivity index (χ0n) is 16.1. The van der Waals surface area contributed by atoms with Crippen LogP contribution in [0.2, 0.25) is 0 Å². The Labute approximate surface area is 155 Å². The first-order chi connectivity index (χ1) is 12.2. The van der Waals surface area contributed by atoms with Crippen LogP contribution >= 0.6 is 0 Å². The normalized spacial score (nSPS) is 19.2. The van der Waals surface area contributed by atoms with Crippen molar-refractivity contribution in [2.24, 2.45) is 4.99 Å². The fourth-order valence-electron chi connectivity index (χ4n) is 4.07. The van der Waals surface area contributed by atoms with Crippen LogP contribution in [0.15, 0.2) is 35.3 Å². The molecule has 0 radical (unpaired) electrons. The Morgan fingerprint density at radius 1 is 1.08 bits per heavy atom. The number of benzene rings is 2. The van der Waals surface area contributed by atoms with Crippen molar-refractivity contribution in [2.75, 3.05) is 12.8 Å². The number of nitrogens with zero attached hydrogens (tertiary/aromatic N) is 1. The lowest BCUT2D eigenvalue weighted by atomic mass is 9.81. The number of nitrogens with two attached hydrogens (primary N) is 1. The molecule has 0 atom stereocenters. The molecule has 0 aromatic heterocycles. The van der Waals surface area contributed by atoms with Crippen molar-refractivity contribution in [1.29, 1.82) is 0 Å². The molecule has 0 spiro atoms. The Hall–Kier alpha value is -2.49. The third-order valence-corrected chi connectivity index (χ3v) is 5.09. The molecule has 4 heteroatoms. The first kappa shape index (κ1) is 17.0. The number of hydrogen-bond acceptors (Lipinski definition) is 4. The van der Waals surface area contributed by atoms with Gasteiger partial charge in [-0.05, 0) is 57.9 Å². The summed E-state index contributed by atoms with van der Waals surface area (Å²) in [5.41, 5.74) is 12.0. The van der Waals surface area contributed by atoms with Crippen molar-refractivity contribution in [1.82, 2.24) is 0 Å². The molecule has 0 bridgehead atoms. The lowest BCUT2D eigenvalue weighted by Crippen LogP contribution is -2.30. The molecule has 2 aliphatic heterocycles. The van der Waals surface area contributed by atoms with Crippen molar-refractivity contribution < 1.29 is 9.47 Å². The van der Waals surface area contributed by atoms with Crippen molar-refractivity contribution >= 4 is 11.4 Å². The summed E-state index contributed by atoms with van der Waals surface area (Å²) in [6.45, 7) is 8.58. The van der Waals surface area contributed by atoms with Gasteiger partial charge in [0.05, 0.1) is 18.4 Å². The number of rotatable bonds is 2. The van der Waals surface area contributed by atoms with Crippen LogP contribution in [0.4, 0.5) is 5.69 Å². The highest BCUT2D eigenvalue weighted by atomic mass is 16.5. The molecule has 2 aliphatic rings. The summed E-state index contributed by atoms with van der Waals surface area (Å²) in [4.78, 5) is 5.12. The van der Waals surface area contributed by atoms with Crippen LogP contribution in [0, 0.1) is 0 Å². The van der Waals surface area contributed by atoms with E-state index in [1.54, 1.807) is 7.11 Å². The highest BCUT2D eigenvalue weighted by Gasteiger charge is 2.39. The maximum absolute atomic E-state index is 6.24. The first-order valence-electron chi connectivity index (χ1n) is 9.07. The average molecular weight is 350 g/mol. The van der Waals surface area contributed by atoms with Gasteiger partial charge in [-0.1, -0.05) is 12.1 Å². The molecule has 2 N–H and O–H groups in total. The van der Waals surface area contributed by atoms with Crippen molar-refractivity contribution in [3.8, 4) is 11.5 Å². The van der Waals surface area contributed by atoms with E-state index in [1.165, 1.54) is 16.7 Å². The summed E-state index contributed by atoms with van der Waals surface area (Å²) in [6, 6.07) is 10.1. The number of fused-ring (bicyclic) bond motifs is 3. The van der Waals surface area contributed by atoms with Gasteiger partial charge in [0.15, 0.2) is 11.5 Å². The van der Waals surface area contributed by atoms with E-state index in [4.69, 9.17) is 20.2 Å². The van der Waals surface area contributed by atoms with Gasteiger partial charge in [-0.25, -0.2) is 0 Å². The molecule has 0 fully saturated rings. The molecule has 0 amide bonds. The second-order valence-electron chi connectivity index (χ2n) is 8.53. The van der Waals surface area contributed by atoms with Gasteiger partial charge >= 0.3 is 0 Å². The van der Waals surface area contributed by atoms with E-state index in [0.29, 0.717) is 0 Å². The molecule has 26 heavy (non-hydrogen) atoms. The second-order valence-corrected chi connectivity index (χ2v) is 8.53. The zero-order chi connectivity index (χ0) is 18.7. The summed E-state index contributed by atoms with van der Waals surface area (Å²) >= 11 is 0. The van der Waals surface area contributed by atoms with Crippen molar-refractivity contribution in [3.05, 3.63) is 52.6 Å². The first-order valence-corrected chi connectivity index (χ1v) is 9.07. The average Bonchev–Trinajstić information content (AvgIpc) is 2.88. The molecule has 0 aliphatic carbocycles. The molecule has 0 unspecified atom stereocenters. The van der Waals surface area contributed by atoms with Gasteiger partial charge in [0.1, 0.15) is 5.60 Å². The lowest BCUT2D eigenvalue weighted by molar-refractivity contribution is 0.134. The van der Waals surface area contributed by atoms with Crippen LogP contribution in [0.3, 0.4) is 0 Å². The zero-order valence-corrected chi connectivity index (χ0v) is 16.1. The summed E-state index contributed by atoms with van der Waals surface area (Å²) in [5.74, 6) is 1.68. The Morgan fingerprint density at radius 3 is 2.42 bits per heavy atom. The molecule has 136 valence electrons. The van der Waals surface area contributed by atoms with Gasteiger partial charge in [-0.15, -0.1) is 0 Å². The minimum absolute atomic E-state index is 0.169. The monoisotopic (exact) mass is 350 g/mol. The summed E-state index contributed by atoms with van der Waals surface area (Å²) in [6.07, 6.45) is 1.72. The van der Waals surface area contributed by atoms with Gasteiger partial charge in [0.25, 0.3) is 0 Å². The van der Waals surface area contributed by atoms with Crippen LogP contribution < -0.4 is 15.2 Å². The Balaban J connectivity index is 1.98. The molecular formula is C22H26N2O2. The van der Waals surface area contributed by atoms with Gasteiger partial charge in [-0.3, -0.25) is 4.99 Å². The van der Waals surface area contributed by atoms with E-state index in [-0.39, 0.29) is 11.1 Å². The van der Waals surface area contributed by atoms with E-state index >= 15 is 0 Å². The summed E-state index contributed by atoms with van der Waals surface area (Å²) in [5, 5.41) is 0. The standard InChI is InChI=1S/C22H26N2O2/c1-21(2)11-14-10-17(25-5)20-16(12-22(3,4)26-20)18(14)19(24-21)13-6-8-15(23)9-7-13/h6-10H,11-12,23H2,1-5H3. The topological polar surface area (TPSA) is 56.8 Å². The Bertz CT molecular complexity index is 909. The minimum Gasteiger partial charge on any atom is -0.493 e. The fraction of sp³-hybridized carbons (Fsp3) is 0.409. The molecular weight excluding hydrogens is 324 g/mol. The lowest BCUT2D eigenvalue weighted by Gasteiger charge is -2.31. The highest BCUT2D eigenvalue weighted by molar-refractivity contribution is 6.16. The second kappa shape index (κ2) is 5.50. The summed E-state index contributed by atoms with van der Waals surface area (Å²) in [7, 11) is 1.71. The molecule has 0 saturated heterocycles. The quantitative estimate of drug-likeness (QED) is 0.827. The predicted molar refractivity (Wildman–Crippen MR) is 106 cm³/mol. The number of ether oxygens (including phenoxy) is 2. The predicted octanol–water partition coefficient (Wildman–Crippen LogP) is 4.16. The molecule has 2 aromatic rings. The Kier molecular flexibility index (Phi) is 3.59. The van der Waals surface area contributed by atoms with Gasteiger partial charge in [0, 0.05) is 28.8 Å². The third kappa shape index (κ3) is 2.74. The number of hydrogen-bond donors (Lipinski definition) is 1. The maximum atomic E-state index is 6.24. The van der Waals surface area contributed by atoms with E-state index in [0.717, 1.165) is 41.3 Å². The van der Waals surface area contributed by atoms with Gasteiger partial charge < -0.3 is 15.2 Å². The maximum Gasteiger partial charge on any atom is 0.166 e. The van der Waals surface area contributed by atoms with Crippen molar-refractivity contribution in [3.63, 3.8) is 0 Å². The number of anilines is 1. The third-order valence-electron chi connectivity index (χ3n) is 5.09. The molecule has 0 saturated carbocycles. The van der Waals surface area contributed by atoms with Gasteiger partial charge in [-0.2, -0.15) is 0 Å². The van der Waals surface area contributed by atoms with Gasteiger partial charge in [0.2, 0.25) is 0 Å². The van der Waals surface area contributed by atoms with E-state index < -0.39 is 0 Å². The van der Waals surface area contributed by atoms with Crippen LogP contribution in [-0.2, 0) is 12.8 Å². The largest absolute Gasteiger partial charge is 0.493 e. The molecule has 4 nitrogen and oxygen atoms in total. The van der Waals surface area contributed by atoms with Crippen LogP contribution in [0.1, 0.15) is 49.9 Å². The fourth-order valence-corrected chi connectivity index (χ4v) is 4.07. The minimum atomic E-state index is -0.246. The number of nitrogen functional groups attached to an aromatic ring is 1.